The summed E-state index contributed by atoms with van der Waals surface area (Å²) in [4.78, 5) is 0. The van der Waals surface area contributed by atoms with Crippen molar-refractivity contribution in [1.29, 1.82) is 0 Å². The Balaban J connectivity index is 3.36. The van der Waals surface area contributed by atoms with Crippen molar-refractivity contribution in [2.75, 3.05) is 12.0 Å². The minimum absolute atomic E-state index is 0.463. The Kier molecular flexibility index (Phi) is 4.29. The summed E-state index contributed by atoms with van der Waals surface area (Å²) in [5.74, 6) is 0.463. The van der Waals surface area contributed by atoms with Gasteiger partial charge in [0, 0.05) is 12.0 Å². The number of rotatable bonds is 2. The van der Waals surface area contributed by atoms with Crippen LogP contribution in [0.5, 0.6) is 0 Å². The zero-order chi connectivity index (χ0) is 5.91. The largest absolute Gasteiger partial charge is 0.126 e. The van der Waals surface area contributed by atoms with E-state index in [0.29, 0.717) is 12.0 Å². The van der Waals surface area contributed by atoms with E-state index in [4.69, 9.17) is 34.1 Å². The second kappa shape index (κ2) is 3.53. The van der Waals surface area contributed by atoms with Crippen LogP contribution in [0, 0.1) is 0 Å². The van der Waals surface area contributed by atoms with E-state index < -0.39 is 4.74 Å². The van der Waals surface area contributed by atoms with Crippen molar-refractivity contribution in [2.24, 2.45) is 0 Å². The zero-order valence-corrected chi connectivity index (χ0v) is 7.38. The molecule has 0 spiro atoms. The molecule has 0 aliphatic carbocycles. The molecule has 0 fully saturated rings. The van der Waals surface area contributed by atoms with E-state index in [1.54, 1.807) is 0 Å². The first kappa shape index (κ1) is 8.52. The summed E-state index contributed by atoms with van der Waals surface area (Å²) in [7, 11) is 0. The van der Waals surface area contributed by atoms with E-state index in [9.17, 15) is 0 Å². The standard InChI is InChI=1S/C2H4Cl3PS/c3-1-2-6(4,5)7/h1-2H2. The second-order valence-electron chi connectivity index (χ2n) is 0.983. The summed E-state index contributed by atoms with van der Waals surface area (Å²) in [6.07, 6.45) is 0.563. The minimum Gasteiger partial charge on any atom is -0.126 e. The van der Waals surface area contributed by atoms with Gasteiger partial charge in [0.1, 0.15) is 4.74 Å². The smallest absolute Gasteiger partial charge is 0.121 e. The molecule has 0 unspecified atom stereocenters. The third-order valence-electron chi connectivity index (χ3n) is 0.345. The highest BCUT2D eigenvalue weighted by atomic mass is 35.9. The minimum atomic E-state index is -2.02. The summed E-state index contributed by atoms with van der Waals surface area (Å²) in [6, 6.07) is 0. The van der Waals surface area contributed by atoms with E-state index in [1.807, 2.05) is 0 Å². The van der Waals surface area contributed by atoms with Crippen LogP contribution in [0.2, 0.25) is 0 Å². The summed E-state index contributed by atoms with van der Waals surface area (Å²) in [5.41, 5.74) is 0. The molecule has 0 saturated carbocycles. The molecule has 0 bridgehead atoms. The molecular weight excluding hydrogens is 193 g/mol. The van der Waals surface area contributed by atoms with E-state index in [2.05, 4.69) is 11.8 Å². The lowest BCUT2D eigenvalue weighted by Gasteiger charge is -1.97. The van der Waals surface area contributed by atoms with Crippen LogP contribution in [0.1, 0.15) is 0 Å². The third kappa shape index (κ3) is 7.52. The van der Waals surface area contributed by atoms with Crippen LogP contribution in [0.25, 0.3) is 0 Å². The predicted octanol–water partition coefficient (Wildman–Crippen LogP) is 3.01. The molecule has 0 saturated heterocycles. The van der Waals surface area contributed by atoms with Crippen LogP contribution in [0.4, 0.5) is 0 Å². The molecule has 0 radical (unpaired) electrons. The van der Waals surface area contributed by atoms with Gasteiger partial charge < -0.3 is 0 Å². The molecule has 0 rings (SSSR count). The van der Waals surface area contributed by atoms with E-state index in [0.717, 1.165) is 0 Å². The fraction of sp³-hybridized carbons (Fsp3) is 1.00. The van der Waals surface area contributed by atoms with Crippen molar-refractivity contribution >= 4 is 50.6 Å². The van der Waals surface area contributed by atoms with Crippen molar-refractivity contribution in [3.05, 3.63) is 0 Å². The van der Waals surface area contributed by atoms with Crippen LogP contribution in [0.3, 0.4) is 0 Å². The summed E-state index contributed by atoms with van der Waals surface area (Å²) < 4.78 is -2.02. The van der Waals surface area contributed by atoms with Gasteiger partial charge in [-0.25, -0.2) is 0 Å². The Morgan fingerprint density at radius 3 is 1.86 bits per heavy atom. The molecule has 7 heavy (non-hydrogen) atoms. The van der Waals surface area contributed by atoms with Crippen LogP contribution >= 0.6 is 38.8 Å². The molecule has 0 aromatic carbocycles. The van der Waals surface area contributed by atoms with Gasteiger partial charge >= 0.3 is 0 Å². The molecule has 0 N–H and O–H groups in total. The Labute approximate surface area is 62.7 Å². The maximum atomic E-state index is 5.44. The summed E-state index contributed by atoms with van der Waals surface area (Å²) in [5, 5.41) is 0. The van der Waals surface area contributed by atoms with Crippen molar-refractivity contribution in [2.45, 2.75) is 0 Å². The van der Waals surface area contributed by atoms with Gasteiger partial charge in [-0.1, -0.05) is 34.3 Å². The third-order valence-corrected chi connectivity index (χ3v) is 3.10. The quantitative estimate of drug-likeness (QED) is 0.484. The summed E-state index contributed by atoms with van der Waals surface area (Å²) in [6.45, 7) is 0. The van der Waals surface area contributed by atoms with Gasteiger partial charge in [-0.15, -0.1) is 11.6 Å². The van der Waals surface area contributed by atoms with Crippen molar-refractivity contribution in [3.8, 4) is 0 Å². The lowest BCUT2D eigenvalue weighted by atomic mass is 11.0. The van der Waals surface area contributed by atoms with Crippen LogP contribution in [-0.4, -0.2) is 12.0 Å². The Bertz CT molecular complexity index is 86.9. The van der Waals surface area contributed by atoms with Crippen molar-refractivity contribution < 1.29 is 0 Å². The Hall–Kier alpha value is 1.52. The Morgan fingerprint density at radius 1 is 1.43 bits per heavy atom. The molecule has 0 nitrogen and oxygen atoms in total. The van der Waals surface area contributed by atoms with E-state index in [1.165, 1.54) is 0 Å². The van der Waals surface area contributed by atoms with Gasteiger partial charge in [0.2, 0.25) is 0 Å². The second-order valence-corrected chi connectivity index (χ2v) is 10.0. The molecule has 0 atom stereocenters. The van der Waals surface area contributed by atoms with Crippen molar-refractivity contribution in [3.63, 3.8) is 0 Å². The summed E-state index contributed by atoms with van der Waals surface area (Å²) >= 11 is 20.8. The highest BCUT2D eigenvalue weighted by molar-refractivity contribution is 8.39. The topological polar surface area (TPSA) is 0 Å². The molecule has 0 amide bonds. The number of hydrogen-bond donors (Lipinski definition) is 0. The van der Waals surface area contributed by atoms with Gasteiger partial charge in [-0.2, -0.15) is 0 Å². The highest BCUT2D eigenvalue weighted by Crippen LogP contribution is 2.56. The number of halogens is 3. The molecule has 0 aliphatic rings. The van der Waals surface area contributed by atoms with Crippen LogP contribution < -0.4 is 0 Å². The lowest BCUT2D eigenvalue weighted by Crippen LogP contribution is -1.75. The molecule has 44 valence electrons. The molecule has 0 aromatic heterocycles. The average Bonchev–Trinajstić information content (AvgIpc) is 1.30. The first-order chi connectivity index (χ1) is 3.06. The first-order valence-electron chi connectivity index (χ1n) is 1.60. The maximum Gasteiger partial charge on any atom is 0.121 e. The molecular formula is C2H4Cl3PS. The molecule has 0 heterocycles. The lowest BCUT2D eigenvalue weighted by molar-refractivity contribution is 1.53. The fourth-order valence-electron chi connectivity index (χ4n) is 0.0984. The maximum absolute atomic E-state index is 5.44. The first-order valence-corrected chi connectivity index (χ1v) is 6.94. The number of hydrogen-bond acceptors (Lipinski definition) is 1. The average molecular weight is 197 g/mol. The zero-order valence-electron chi connectivity index (χ0n) is 3.40. The van der Waals surface area contributed by atoms with Gasteiger partial charge in [-0.3, -0.25) is 0 Å². The van der Waals surface area contributed by atoms with Crippen LogP contribution in [-0.2, 0) is 11.8 Å². The Morgan fingerprint density at radius 2 is 1.86 bits per heavy atom. The normalized spacial score (nSPS) is 11.9. The van der Waals surface area contributed by atoms with E-state index >= 15 is 0 Å². The number of alkyl halides is 1. The van der Waals surface area contributed by atoms with Crippen molar-refractivity contribution in [1.82, 2.24) is 0 Å². The molecule has 5 heteroatoms. The molecule has 0 aromatic rings. The van der Waals surface area contributed by atoms with Gasteiger partial charge in [0.25, 0.3) is 0 Å². The monoisotopic (exact) mass is 196 g/mol. The van der Waals surface area contributed by atoms with Gasteiger partial charge in [0.05, 0.1) is 0 Å². The van der Waals surface area contributed by atoms with Gasteiger partial charge in [0.15, 0.2) is 0 Å². The van der Waals surface area contributed by atoms with E-state index in [-0.39, 0.29) is 0 Å². The van der Waals surface area contributed by atoms with Gasteiger partial charge in [-0.05, 0) is 0 Å². The SMILES string of the molecule is S=P(Cl)(Cl)CCCl. The predicted molar refractivity (Wildman–Crippen MR) is 41.6 cm³/mol. The molecule has 0 aliphatic heterocycles. The highest BCUT2D eigenvalue weighted by Gasteiger charge is 2.04. The van der Waals surface area contributed by atoms with Crippen LogP contribution in [0.15, 0.2) is 0 Å². The fourth-order valence-corrected chi connectivity index (χ4v) is 2.66.